The van der Waals surface area contributed by atoms with Gasteiger partial charge in [0.2, 0.25) is 0 Å². The van der Waals surface area contributed by atoms with Crippen LogP contribution in [-0.2, 0) is 0 Å². The molecule has 1 heterocycles. The van der Waals surface area contributed by atoms with Gasteiger partial charge in [0.1, 0.15) is 0 Å². The van der Waals surface area contributed by atoms with E-state index in [2.05, 4.69) is 36.1 Å². The summed E-state index contributed by atoms with van der Waals surface area (Å²) in [4.78, 5) is 4.91. The molecule has 0 bridgehead atoms. The SMILES string of the molecule is CC(CN1CCC(NC2CC2)C1)N(C)C. The number of hydrogen-bond donors (Lipinski definition) is 1. The molecule has 0 aromatic carbocycles. The van der Waals surface area contributed by atoms with Gasteiger partial charge < -0.3 is 15.1 Å². The van der Waals surface area contributed by atoms with Gasteiger partial charge in [0.15, 0.2) is 0 Å². The molecule has 3 nitrogen and oxygen atoms in total. The fourth-order valence-corrected chi connectivity index (χ4v) is 2.25. The van der Waals surface area contributed by atoms with E-state index in [1.807, 2.05) is 0 Å². The van der Waals surface area contributed by atoms with Crippen LogP contribution >= 0.6 is 0 Å². The molecule has 1 aliphatic heterocycles. The fourth-order valence-electron chi connectivity index (χ4n) is 2.25. The van der Waals surface area contributed by atoms with Gasteiger partial charge in [0.25, 0.3) is 0 Å². The zero-order chi connectivity index (χ0) is 10.8. The van der Waals surface area contributed by atoms with E-state index in [0.717, 1.165) is 12.1 Å². The molecule has 0 aromatic heterocycles. The highest BCUT2D eigenvalue weighted by molar-refractivity contribution is 4.90. The lowest BCUT2D eigenvalue weighted by Crippen LogP contribution is -2.39. The van der Waals surface area contributed by atoms with Crippen LogP contribution in [0.25, 0.3) is 0 Å². The highest BCUT2D eigenvalue weighted by Crippen LogP contribution is 2.22. The summed E-state index contributed by atoms with van der Waals surface area (Å²) in [5.41, 5.74) is 0. The molecular formula is C12H25N3. The van der Waals surface area contributed by atoms with E-state index in [4.69, 9.17) is 0 Å². The smallest absolute Gasteiger partial charge is 0.0209 e. The molecule has 1 saturated heterocycles. The lowest BCUT2D eigenvalue weighted by molar-refractivity contribution is 0.217. The molecule has 2 rings (SSSR count). The number of nitrogens with zero attached hydrogens (tertiary/aromatic N) is 2. The molecule has 0 amide bonds. The summed E-state index contributed by atoms with van der Waals surface area (Å²) in [5, 5.41) is 3.73. The number of rotatable bonds is 5. The Kier molecular flexibility index (Phi) is 3.65. The van der Waals surface area contributed by atoms with Gasteiger partial charge in [-0.3, -0.25) is 0 Å². The second-order valence-corrected chi connectivity index (χ2v) is 5.50. The first-order valence-corrected chi connectivity index (χ1v) is 6.30. The first-order valence-electron chi connectivity index (χ1n) is 6.30. The van der Waals surface area contributed by atoms with Crippen molar-refractivity contribution in [1.82, 2.24) is 15.1 Å². The molecule has 2 atom stereocenters. The van der Waals surface area contributed by atoms with Crippen molar-refractivity contribution in [3.8, 4) is 0 Å². The van der Waals surface area contributed by atoms with Crippen molar-refractivity contribution in [1.29, 1.82) is 0 Å². The summed E-state index contributed by atoms with van der Waals surface area (Å²) in [7, 11) is 4.33. The third-order valence-electron chi connectivity index (χ3n) is 3.73. The number of likely N-dealkylation sites (tertiary alicyclic amines) is 1. The van der Waals surface area contributed by atoms with Crippen molar-refractivity contribution < 1.29 is 0 Å². The number of likely N-dealkylation sites (N-methyl/N-ethyl adjacent to an activating group) is 1. The Labute approximate surface area is 93.8 Å². The molecule has 0 radical (unpaired) electrons. The van der Waals surface area contributed by atoms with Gasteiger partial charge in [-0.25, -0.2) is 0 Å². The summed E-state index contributed by atoms with van der Waals surface area (Å²) < 4.78 is 0. The normalized spacial score (nSPS) is 30.0. The van der Waals surface area contributed by atoms with Crippen molar-refractivity contribution >= 4 is 0 Å². The fraction of sp³-hybridized carbons (Fsp3) is 1.00. The highest BCUT2D eigenvalue weighted by Gasteiger charge is 2.29. The van der Waals surface area contributed by atoms with Crippen LogP contribution in [0.3, 0.4) is 0 Å². The van der Waals surface area contributed by atoms with E-state index in [1.165, 1.54) is 38.9 Å². The Bertz CT molecular complexity index is 201. The van der Waals surface area contributed by atoms with Crippen LogP contribution in [0.2, 0.25) is 0 Å². The maximum Gasteiger partial charge on any atom is 0.0209 e. The lowest BCUT2D eigenvalue weighted by atomic mass is 10.2. The van der Waals surface area contributed by atoms with Gasteiger partial charge in [-0.05, 0) is 46.8 Å². The van der Waals surface area contributed by atoms with Crippen LogP contribution in [0.4, 0.5) is 0 Å². The van der Waals surface area contributed by atoms with Crippen LogP contribution in [0, 0.1) is 0 Å². The third kappa shape index (κ3) is 3.44. The van der Waals surface area contributed by atoms with Crippen molar-refractivity contribution in [2.45, 2.75) is 44.3 Å². The van der Waals surface area contributed by atoms with E-state index >= 15 is 0 Å². The molecular weight excluding hydrogens is 186 g/mol. The van der Waals surface area contributed by atoms with Crippen molar-refractivity contribution in [2.75, 3.05) is 33.7 Å². The predicted octanol–water partition coefficient (Wildman–Crippen LogP) is 0.763. The summed E-state index contributed by atoms with van der Waals surface area (Å²) in [5.74, 6) is 0. The van der Waals surface area contributed by atoms with E-state index in [1.54, 1.807) is 0 Å². The van der Waals surface area contributed by atoms with Crippen molar-refractivity contribution in [2.24, 2.45) is 0 Å². The van der Waals surface area contributed by atoms with E-state index < -0.39 is 0 Å². The van der Waals surface area contributed by atoms with Gasteiger partial charge in [0, 0.05) is 31.2 Å². The molecule has 88 valence electrons. The summed E-state index contributed by atoms with van der Waals surface area (Å²) in [6.45, 7) is 6.06. The molecule has 2 unspecified atom stereocenters. The number of nitrogens with one attached hydrogen (secondary N) is 1. The van der Waals surface area contributed by atoms with Crippen molar-refractivity contribution in [3.05, 3.63) is 0 Å². The zero-order valence-electron chi connectivity index (χ0n) is 10.4. The van der Waals surface area contributed by atoms with E-state index in [0.29, 0.717) is 6.04 Å². The topological polar surface area (TPSA) is 18.5 Å². The highest BCUT2D eigenvalue weighted by atomic mass is 15.2. The van der Waals surface area contributed by atoms with Crippen LogP contribution in [0.5, 0.6) is 0 Å². The second-order valence-electron chi connectivity index (χ2n) is 5.50. The van der Waals surface area contributed by atoms with Gasteiger partial charge >= 0.3 is 0 Å². The molecule has 15 heavy (non-hydrogen) atoms. The maximum absolute atomic E-state index is 3.73. The Morgan fingerprint density at radius 2 is 2.00 bits per heavy atom. The Hall–Kier alpha value is -0.120. The zero-order valence-corrected chi connectivity index (χ0v) is 10.4. The minimum Gasteiger partial charge on any atom is -0.310 e. The first-order chi connectivity index (χ1) is 7.15. The van der Waals surface area contributed by atoms with Crippen LogP contribution in [0.1, 0.15) is 26.2 Å². The lowest BCUT2D eigenvalue weighted by Gasteiger charge is -2.25. The van der Waals surface area contributed by atoms with Gasteiger partial charge in [0.05, 0.1) is 0 Å². The molecule has 0 aromatic rings. The minimum atomic E-state index is 0.671. The summed E-state index contributed by atoms with van der Waals surface area (Å²) in [6.07, 6.45) is 4.16. The second kappa shape index (κ2) is 4.81. The quantitative estimate of drug-likeness (QED) is 0.724. The Morgan fingerprint density at radius 1 is 1.27 bits per heavy atom. The minimum absolute atomic E-state index is 0.671. The molecule has 2 fully saturated rings. The van der Waals surface area contributed by atoms with Crippen LogP contribution < -0.4 is 5.32 Å². The monoisotopic (exact) mass is 211 g/mol. The molecule has 1 aliphatic carbocycles. The Balaban J connectivity index is 1.67. The molecule has 2 aliphatic rings. The van der Waals surface area contributed by atoms with Crippen molar-refractivity contribution in [3.63, 3.8) is 0 Å². The molecule has 1 saturated carbocycles. The maximum atomic E-state index is 3.73. The molecule has 1 N–H and O–H groups in total. The van der Waals surface area contributed by atoms with Crippen LogP contribution in [0.15, 0.2) is 0 Å². The van der Waals surface area contributed by atoms with Crippen LogP contribution in [-0.4, -0.2) is 61.7 Å². The van der Waals surface area contributed by atoms with Gasteiger partial charge in [-0.2, -0.15) is 0 Å². The third-order valence-corrected chi connectivity index (χ3v) is 3.73. The molecule has 3 heteroatoms. The standard InChI is InChI=1S/C12H25N3/c1-10(14(2)3)8-15-7-6-12(9-15)13-11-4-5-11/h10-13H,4-9H2,1-3H3. The van der Waals surface area contributed by atoms with E-state index in [9.17, 15) is 0 Å². The first kappa shape index (κ1) is 11.4. The summed E-state index contributed by atoms with van der Waals surface area (Å²) in [6, 6.07) is 2.30. The molecule has 0 spiro atoms. The largest absolute Gasteiger partial charge is 0.310 e. The van der Waals surface area contributed by atoms with Gasteiger partial charge in [-0.1, -0.05) is 0 Å². The van der Waals surface area contributed by atoms with E-state index in [-0.39, 0.29) is 0 Å². The predicted molar refractivity (Wildman–Crippen MR) is 64.2 cm³/mol. The summed E-state index contributed by atoms with van der Waals surface area (Å²) >= 11 is 0. The number of hydrogen-bond acceptors (Lipinski definition) is 3. The van der Waals surface area contributed by atoms with Gasteiger partial charge in [-0.15, -0.1) is 0 Å². The average Bonchev–Trinajstić information content (AvgIpc) is 2.87. The Morgan fingerprint density at radius 3 is 2.60 bits per heavy atom. The average molecular weight is 211 g/mol.